The minimum Gasteiger partial charge on any atom is -0.324 e. The molecular formula is C13H20N2OS. The van der Waals surface area contributed by atoms with Crippen molar-refractivity contribution in [2.75, 3.05) is 18.1 Å². The Morgan fingerprint density at radius 3 is 2.76 bits per heavy atom. The molecule has 1 atom stereocenters. The average molecular weight is 252 g/mol. The number of carbonyl (C=O) groups is 1. The first-order valence-corrected chi connectivity index (χ1v) is 7.06. The smallest absolute Gasteiger partial charge is 0.238 e. The lowest BCUT2D eigenvalue weighted by Crippen LogP contribution is -2.34. The highest BCUT2D eigenvalue weighted by atomic mass is 32.2. The van der Waals surface area contributed by atoms with Crippen LogP contribution in [-0.2, 0) is 4.79 Å². The summed E-state index contributed by atoms with van der Waals surface area (Å²) >= 11 is 1.63. The number of benzene rings is 1. The third kappa shape index (κ3) is 4.79. The summed E-state index contributed by atoms with van der Waals surface area (Å²) in [6.07, 6.45) is 3.02. The molecule has 0 spiro atoms. The molecule has 1 unspecified atom stereocenters. The van der Waals surface area contributed by atoms with Gasteiger partial charge in [-0.05, 0) is 31.7 Å². The highest BCUT2D eigenvalue weighted by molar-refractivity contribution is 7.98. The minimum atomic E-state index is 0.00630. The number of nitrogens with one attached hydrogen (secondary N) is 2. The van der Waals surface area contributed by atoms with Gasteiger partial charge < -0.3 is 10.6 Å². The molecule has 0 aliphatic heterocycles. The first kappa shape index (κ1) is 14.1. The quantitative estimate of drug-likeness (QED) is 0.765. The van der Waals surface area contributed by atoms with Gasteiger partial charge in [0.15, 0.2) is 0 Å². The Balaban J connectivity index is 2.50. The van der Waals surface area contributed by atoms with Crippen molar-refractivity contribution in [1.82, 2.24) is 5.32 Å². The molecule has 0 saturated carbocycles. The van der Waals surface area contributed by atoms with Gasteiger partial charge in [-0.1, -0.05) is 19.1 Å². The molecule has 0 aliphatic carbocycles. The topological polar surface area (TPSA) is 41.1 Å². The van der Waals surface area contributed by atoms with E-state index in [1.165, 1.54) is 0 Å². The first-order valence-electron chi connectivity index (χ1n) is 5.83. The van der Waals surface area contributed by atoms with Crippen molar-refractivity contribution in [3.63, 3.8) is 0 Å². The standard InChI is InChI=1S/C13H20N2OS/c1-4-10(2)14-9-13(16)15-11-7-5-6-8-12(11)17-3/h5-8,10,14H,4,9H2,1-3H3,(H,15,16). The zero-order valence-electron chi connectivity index (χ0n) is 10.6. The summed E-state index contributed by atoms with van der Waals surface area (Å²) in [6, 6.07) is 8.20. The molecule has 1 amide bonds. The molecule has 0 saturated heterocycles. The molecule has 1 aromatic rings. The van der Waals surface area contributed by atoms with Gasteiger partial charge in [-0.3, -0.25) is 4.79 Å². The second-order valence-electron chi connectivity index (χ2n) is 3.94. The van der Waals surface area contributed by atoms with E-state index in [4.69, 9.17) is 0 Å². The molecule has 1 aromatic carbocycles. The predicted molar refractivity (Wildman–Crippen MR) is 74.6 cm³/mol. The first-order chi connectivity index (χ1) is 8.17. The number of rotatable bonds is 6. The molecule has 4 heteroatoms. The molecule has 0 fully saturated rings. The van der Waals surface area contributed by atoms with Crippen LogP contribution in [0.4, 0.5) is 5.69 Å². The molecule has 0 radical (unpaired) electrons. The summed E-state index contributed by atoms with van der Waals surface area (Å²) in [5.74, 6) is 0.00630. The van der Waals surface area contributed by atoms with Crippen molar-refractivity contribution in [2.45, 2.75) is 31.2 Å². The van der Waals surface area contributed by atoms with Crippen molar-refractivity contribution in [3.8, 4) is 0 Å². The maximum atomic E-state index is 11.7. The van der Waals surface area contributed by atoms with E-state index in [2.05, 4.69) is 24.5 Å². The molecule has 0 aromatic heterocycles. The van der Waals surface area contributed by atoms with Crippen LogP contribution >= 0.6 is 11.8 Å². The van der Waals surface area contributed by atoms with Gasteiger partial charge in [-0.2, -0.15) is 0 Å². The summed E-state index contributed by atoms with van der Waals surface area (Å²) in [6.45, 7) is 4.53. The van der Waals surface area contributed by atoms with Crippen LogP contribution in [0.1, 0.15) is 20.3 Å². The molecule has 0 bridgehead atoms. The molecule has 17 heavy (non-hydrogen) atoms. The van der Waals surface area contributed by atoms with Crippen LogP contribution in [0.15, 0.2) is 29.2 Å². The molecule has 1 rings (SSSR count). The second-order valence-corrected chi connectivity index (χ2v) is 4.79. The lowest BCUT2D eigenvalue weighted by Gasteiger charge is -2.12. The van der Waals surface area contributed by atoms with Gasteiger partial charge in [-0.25, -0.2) is 0 Å². The number of thioether (sulfide) groups is 1. The van der Waals surface area contributed by atoms with Crippen molar-refractivity contribution >= 4 is 23.4 Å². The number of carbonyl (C=O) groups excluding carboxylic acids is 1. The zero-order chi connectivity index (χ0) is 12.7. The van der Waals surface area contributed by atoms with Gasteiger partial charge >= 0.3 is 0 Å². The number of amides is 1. The number of para-hydroxylation sites is 1. The van der Waals surface area contributed by atoms with Crippen LogP contribution in [0.5, 0.6) is 0 Å². The largest absolute Gasteiger partial charge is 0.324 e. The highest BCUT2D eigenvalue weighted by Crippen LogP contribution is 2.24. The minimum absolute atomic E-state index is 0.00630. The Hall–Kier alpha value is -1.00. The summed E-state index contributed by atoms with van der Waals surface area (Å²) in [5, 5.41) is 6.09. The Kier molecular flexibility index (Phi) is 6.08. The molecule has 2 N–H and O–H groups in total. The Morgan fingerprint density at radius 2 is 2.12 bits per heavy atom. The van der Waals surface area contributed by atoms with E-state index in [-0.39, 0.29) is 5.91 Å². The van der Waals surface area contributed by atoms with Gasteiger partial charge in [0.05, 0.1) is 12.2 Å². The summed E-state index contributed by atoms with van der Waals surface area (Å²) in [5.41, 5.74) is 0.885. The molecule has 3 nitrogen and oxygen atoms in total. The Labute approximate surface area is 107 Å². The zero-order valence-corrected chi connectivity index (χ0v) is 11.4. The fraction of sp³-hybridized carbons (Fsp3) is 0.462. The van der Waals surface area contributed by atoms with E-state index >= 15 is 0 Å². The number of anilines is 1. The van der Waals surface area contributed by atoms with Crippen molar-refractivity contribution in [1.29, 1.82) is 0 Å². The predicted octanol–water partition coefficient (Wildman–Crippen LogP) is 2.74. The fourth-order valence-electron chi connectivity index (χ4n) is 1.35. The van der Waals surface area contributed by atoms with Crippen LogP contribution in [-0.4, -0.2) is 24.7 Å². The maximum Gasteiger partial charge on any atom is 0.238 e. The summed E-state index contributed by atoms with van der Waals surface area (Å²) in [7, 11) is 0. The van der Waals surface area contributed by atoms with E-state index in [0.29, 0.717) is 12.6 Å². The lowest BCUT2D eigenvalue weighted by atomic mass is 10.2. The number of hydrogen-bond donors (Lipinski definition) is 2. The number of hydrogen-bond acceptors (Lipinski definition) is 3. The van der Waals surface area contributed by atoms with Crippen molar-refractivity contribution in [2.24, 2.45) is 0 Å². The van der Waals surface area contributed by atoms with E-state index in [1.54, 1.807) is 11.8 Å². The monoisotopic (exact) mass is 252 g/mol. The Bertz CT molecular complexity index is 368. The van der Waals surface area contributed by atoms with Gasteiger partial charge in [0.2, 0.25) is 5.91 Å². The second kappa shape index (κ2) is 7.35. The fourth-order valence-corrected chi connectivity index (χ4v) is 1.91. The van der Waals surface area contributed by atoms with E-state index in [0.717, 1.165) is 17.0 Å². The molecule has 0 heterocycles. The molecule has 94 valence electrons. The van der Waals surface area contributed by atoms with Crippen LogP contribution in [0, 0.1) is 0 Å². The van der Waals surface area contributed by atoms with Gasteiger partial charge in [-0.15, -0.1) is 11.8 Å². The average Bonchev–Trinajstić information content (AvgIpc) is 2.36. The summed E-state index contributed by atoms with van der Waals surface area (Å²) < 4.78 is 0. The SMILES string of the molecule is CCC(C)NCC(=O)Nc1ccccc1SC. The van der Waals surface area contributed by atoms with Crippen molar-refractivity contribution < 1.29 is 4.79 Å². The van der Waals surface area contributed by atoms with E-state index in [1.807, 2.05) is 30.5 Å². The Morgan fingerprint density at radius 1 is 1.41 bits per heavy atom. The molecule has 0 aliphatic rings. The van der Waals surface area contributed by atoms with Crippen LogP contribution in [0.3, 0.4) is 0 Å². The third-order valence-electron chi connectivity index (χ3n) is 2.60. The highest BCUT2D eigenvalue weighted by Gasteiger charge is 2.06. The van der Waals surface area contributed by atoms with Crippen LogP contribution < -0.4 is 10.6 Å². The van der Waals surface area contributed by atoms with E-state index in [9.17, 15) is 4.79 Å². The maximum absolute atomic E-state index is 11.7. The van der Waals surface area contributed by atoms with E-state index < -0.39 is 0 Å². The van der Waals surface area contributed by atoms with Crippen LogP contribution in [0.2, 0.25) is 0 Å². The lowest BCUT2D eigenvalue weighted by molar-refractivity contribution is -0.115. The van der Waals surface area contributed by atoms with Gasteiger partial charge in [0.1, 0.15) is 0 Å². The normalized spacial score (nSPS) is 12.2. The van der Waals surface area contributed by atoms with Crippen LogP contribution in [0.25, 0.3) is 0 Å². The molecular weight excluding hydrogens is 232 g/mol. The van der Waals surface area contributed by atoms with Crippen molar-refractivity contribution in [3.05, 3.63) is 24.3 Å². The van der Waals surface area contributed by atoms with Gasteiger partial charge in [0, 0.05) is 10.9 Å². The van der Waals surface area contributed by atoms with Gasteiger partial charge in [0.25, 0.3) is 0 Å². The third-order valence-corrected chi connectivity index (χ3v) is 3.40. The summed E-state index contributed by atoms with van der Waals surface area (Å²) in [4.78, 5) is 12.8.